The Balaban J connectivity index is 1.72. The molecule has 0 radical (unpaired) electrons. The fourth-order valence-corrected chi connectivity index (χ4v) is 3.87. The van der Waals surface area contributed by atoms with Gasteiger partial charge < -0.3 is 10.1 Å². The smallest absolute Gasteiger partial charge is 0.340 e. The van der Waals surface area contributed by atoms with Crippen molar-refractivity contribution in [2.75, 3.05) is 16.6 Å². The Hall–Kier alpha value is -4.39. The highest BCUT2D eigenvalue weighted by Crippen LogP contribution is 2.23. The maximum absolute atomic E-state index is 13.2. The van der Waals surface area contributed by atoms with E-state index in [2.05, 4.69) is 10.0 Å². The lowest BCUT2D eigenvalue weighted by molar-refractivity contribution is -0.385. The predicted molar refractivity (Wildman–Crippen MR) is 116 cm³/mol. The maximum Gasteiger partial charge on any atom is 0.340 e. The summed E-state index contributed by atoms with van der Waals surface area (Å²) < 4.78 is 58.8. The number of anilines is 2. The summed E-state index contributed by atoms with van der Waals surface area (Å²) in [5.74, 6) is -3.81. The van der Waals surface area contributed by atoms with Crippen LogP contribution in [0.15, 0.2) is 71.6 Å². The Morgan fingerprint density at radius 2 is 1.65 bits per heavy atom. The molecule has 0 aliphatic carbocycles. The quantitative estimate of drug-likeness (QED) is 0.279. The fourth-order valence-electron chi connectivity index (χ4n) is 2.75. The molecule has 3 rings (SSSR count). The van der Waals surface area contributed by atoms with Crippen molar-refractivity contribution < 1.29 is 36.4 Å². The second-order valence-electron chi connectivity index (χ2n) is 6.69. The van der Waals surface area contributed by atoms with Crippen molar-refractivity contribution in [2.24, 2.45) is 0 Å². The minimum absolute atomic E-state index is 0.191. The number of halogens is 2. The molecule has 10 nitrogen and oxygen atoms in total. The third kappa shape index (κ3) is 6.10. The van der Waals surface area contributed by atoms with E-state index in [1.807, 2.05) is 0 Å². The van der Waals surface area contributed by atoms with E-state index in [-0.39, 0.29) is 16.9 Å². The first kappa shape index (κ1) is 24.3. The Kier molecular flexibility index (Phi) is 7.16. The van der Waals surface area contributed by atoms with Gasteiger partial charge in [-0.2, -0.15) is 0 Å². The Labute approximate surface area is 191 Å². The molecule has 0 saturated heterocycles. The number of carbonyl (C=O) groups excluding carboxylic acids is 2. The van der Waals surface area contributed by atoms with Crippen LogP contribution in [0.2, 0.25) is 0 Å². The molecule has 1 amide bonds. The fraction of sp³-hybridized carbons (Fsp3) is 0.0476. The van der Waals surface area contributed by atoms with Gasteiger partial charge in [-0.25, -0.2) is 22.0 Å². The van der Waals surface area contributed by atoms with Gasteiger partial charge in [0.05, 0.1) is 21.1 Å². The number of non-ortho nitro benzene ring substituents is 1. The summed E-state index contributed by atoms with van der Waals surface area (Å²) in [6.07, 6.45) is 0. The summed E-state index contributed by atoms with van der Waals surface area (Å²) in [7, 11) is -4.32. The van der Waals surface area contributed by atoms with E-state index >= 15 is 0 Å². The minimum Gasteiger partial charge on any atom is -0.452 e. The molecule has 3 aromatic carbocycles. The van der Waals surface area contributed by atoms with Crippen molar-refractivity contribution in [3.63, 3.8) is 0 Å². The van der Waals surface area contributed by atoms with Crippen molar-refractivity contribution in [1.82, 2.24) is 0 Å². The van der Waals surface area contributed by atoms with Gasteiger partial charge >= 0.3 is 5.97 Å². The molecule has 0 fully saturated rings. The Morgan fingerprint density at radius 1 is 0.971 bits per heavy atom. The van der Waals surface area contributed by atoms with Crippen LogP contribution in [-0.4, -0.2) is 31.8 Å². The number of rotatable bonds is 8. The number of ether oxygens (including phenoxy) is 1. The number of hydrogen-bond donors (Lipinski definition) is 2. The molecule has 0 aliphatic rings. The van der Waals surface area contributed by atoms with Crippen molar-refractivity contribution >= 4 is 39.0 Å². The van der Waals surface area contributed by atoms with Crippen molar-refractivity contribution in [3.05, 3.63) is 94.0 Å². The van der Waals surface area contributed by atoms with Crippen LogP contribution in [0, 0.1) is 21.7 Å². The third-order valence-electron chi connectivity index (χ3n) is 4.21. The Bertz CT molecular complexity index is 1360. The van der Waals surface area contributed by atoms with E-state index in [1.54, 1.807) is 0 Å². The molecule has 34 heavy (non-hydrogen) atoms. The van der Waals surface area contributed by atoms with Gasteiger partial charge in [0.15, 0.2) is 6.61 Å². The van der Waals surface area contributed by atoms with E-state index < -0.39 is 55.6 Å². The summed E-state index contributed by atoms with van der Waals surface area (Å²) in [5.41, 5.74) is -1.09. The third-order valence-corrected chi connectivity index (χ3v) is 5.57. The van der Waals surface area contributed by atoms with Crippen LogP contribution in [0.5, 0.6) is 0 Å². The highest BCUT2D eigenvalue weighted by atomic mass is 32.2. The van der Waals surface area contributed by atoms with Gasteiger partial charge in [0.1, 0.15) is 11.6 Å². The van der Waals surface area contributed by atoms with Gasteiger partial charge in [0.2, 0.25) is 0 Å². The number of para-hydroxylation sites is 1. The number of nitrogens with zero attached hydrogens (tertiary/aromatic N) is 1. The highest BCUT2D eigenvalue weighted by Gasteiger charge is 2.22. The molecule has 0 bridgehead atoms. The number of nitro benzene ring substituents is 1. The van der Waals surface area contributed by atoms with E-state index in [9.17, 15) is 36.9 Å². The summed E-state index contributed by atoms with van der Waals surface area (Å²) in [6, 6.07) is 11.9. The van der Waals surface area contributed by atoms with E-state index in [1.165, 1.54) is 30.3 Å². The zero-order chi connectivity index (χ0) is 24.9. The van der Waals surface area contributed by atoms with Crippen LogP contribution in [0.4, 0.5) is 25.8 Å². The number of hydrogen-bond acceptors (Lipinski definition) is 7. The topological polar surface area (TPSA) is 145 Å². The molecule has 0 aromatic heterocycles. The lowest BCUT2D eigenvalue weighted by Crippen LogP contribution is -2.22. The largest absolute Gasteiger partial charge is 0.452 e. The van der Waals surface area contributed by atoms with Crippen molar-refractivity contribution in [2.45, 2.75) is 4.90 Å². The van der Waals surface area contributed by atoms with Gasteiger partial charge in [-0.15, -0.1) is 0 Å². The molecule has 0 atom stereocenters. The van der Waals surface area contributed by atoms with Crippen LogP contribution in [0.3, 0.4) is 0 Å². The van der Waals surface area contributed by atoms with E-state index in [0.29, 0.717) is 6.07 Å². The van der Waals surface area contributed by atoms with Gasteiger partial charge in [0, 0.05) is 23.9 Å². The number of nitro groups is 1. The number of amides is 1. The van der Waals surface area contributed by atoms with Gasteiger partial charge in [-0.05, 0) is 30.3 Å². The van der Waals surface area contributed by atoms with E-state index in [4.69, 9.17) is 4.74 Å². The molecule has 3 aromatic rings. The van der Waals surface area contributed by atoms with Crippen LogP contribution in [-0.2, 0) is 19.6 Å². The maximum atomic E-state index is 13.2. The molecule has 176 valence electrons. The molecule has 0 saturated carbocycles. The number of esters is 1. The summed E-state index contributed by atoms with van der Waals surface area (Å²) in [4.78, 5) is 34.2. The molecular weight excluding hydrogens is 476 g/mol. The van der Waals surface area contributed by atoms with Crippen LogP contribution in [0.1, 0.15) is 10.4 Å². The van der Waals surface area contributed by atoms with Crippen LogP contribution >= 0.6 is 0 Å². The predicted octanol–water partition coefficient (Wildman–Crippen LogP) is 3.47. The monoisotopic (exact) mass is 491 g/mol. The first-order chi connectivity index (χ1) is 16.0. The number of nitrogens with one attached hydrogen (secondary N) is 2. The van der Waals surface area contributed by atoms with Gasteiger partial charge in [-0.1, -0.05) is 18.2 Å². The lowest BCUT2D eigenvalue weighted by Gasteiger charge is -2.12. The first-order valence-corrected chi connectivity index (χ1v) is 10.8. The summed E-state index contributed by atoms with van der Waals surface area (Å²) >= 11 is 0. The molecule has 0 heterocycles. The summed E-state index contributed by atoms with van der Waals surface area (Å²) in [5, 5.41) is 13.1. The number of carbonyl (C=O) groups is 2. The SMILES string of the molecule is O=C(COC(=O)c1ccccc1NS(=O)(=O)c1cccc([N+](=O)[O-])c1)Nc1cc(F)cc(F)c1. The minimum atomic E-state index is -4.32. The molecule has 13 heteroatoms. The average Bonchev–Trinajstić information content (AvgIpc) is 2.77. The van der Waals surface area contributed by atoms with E-state index in [0.717, 1.165) is 30.3 Å². The molecule has 0 unspecified atom stereocenters. The van der Waals surface area contributed by atoms with Crippen molar-refractivity contribution in [3.8, 4) is 0 Å². The highest BCUT2D eigenvalue weighted by molar-refractivity contribution is 7.92. The van der Waals surface area contributed by atoms with Crippen molar-refractivity contribution in [1.29, 1.82) is 0 Å². The van der Waals surface area contributed by atoms with Crippen LogP contribution in [0.25, 0.3) is 0 Å². The second-order valence-corrected chi connectivity index (χ2v) is 8.37. The molecular formula is C21H15F2N3O7S. The normalized spacial score (nSPS) is 10.9. The van der Waals surface area contributed by atoms with Crippen LogP contribution < -0.4 is 10.0 Å². The standard InChI is InChI=1S/C21H15F2N3O7S/c22-13-8-14(23)10-15(9-13)24-20(27)12-33-21(28)18-6-1-2-7-19(18)25-34(31,32)17-5-3-4-16(11-17)26(29)30/h1-11,25H,12H2,(H,24,27). The Morgan fingerprint density at radius 3 is 2.32 bits per heavy atom. The number of sulfonamides is 1. The first-order valence-electron chi connectivity index (χ1n) is 9.34. The number of benzene rings is 3. The molecule has 0 aliphatic heterocycles. The molecule has 0 spiro atoms. The van der Waals surface area contributed by atoms with Gasteiger partial charge in [0.25, 0.3) is 21.6 Å². The molecule has 2 N–H and O–H groups in total. The second kappa shape index (κ2) is 10.0. The average molecular weight is 491 g/mol. The summed E-state index contributed by atoms with van der Waals surface area (Å²) in [6.45, 7) is -0.830. The lowest BCUT2D eigenvalue weighted by atomic mass is 10.2. The van der Waals surface area contributed by atoms with Gasteiger partial charge in [-0.3, -0.25) is 19.6 Å². The zero-order valence-corrected chi connectivity index (χ0v) is 17.8. The zero-order valence-electron chi connectivity index (χ0n) is 17.0.